The quantitative estimate of drug-likeness (QED) is 0.432. The van der Waals surface area contributed by atoms with Crippen LogP contribution in [0.3, 0.4) is 0 Å². The van der Waals surface area contributed by atoms with E-state index in [4.69, 9.17) is 4.74 Å². The lowest BCUT2D eigenvalue weighted by molar-refractivity contribution is -0.385. The van der Waals surface area contributed by atoms with Gasteiger partial charge in [-0.15, -0.1) is 0 Å². The number of esters is 1. The molecule has 9 heteroatoms. The van der Waals surface area contributed by atoms with Crippen LogP contribution in [-0.2, 0) is 19.1 Å². The first-order valence-corrected chi connectivity index (χ1v) is 9.75. The maximum absolute atomic E-state index is 12.4. The van der Waals surface area contributed by atoms with E-state index in [2.05, 4.69) is 5.32 Å². The van der Waals surface area contributed by atoms with Crippen molar-refractivity contribution in [3.8, 4) is 0 Å². The molecule has 162 valence electrons. The van der Waals surface area contributed by atoms with Gasteiger partial charge in [0.15, 0.2) is 6.61 Å². The lowest BCUT2D eigenvalue weighted by atomic mass is 10.1. The minimum Gasteiger partial charge on any atom is -0.455 e. The maximum atomic E-state index is 12.4. The molecule has 1 atom stereocenters. The highest BCUT2D eigenvalue weighted by atomic mass is 16.6. The molecule has 1 saturated heterocycles. The number of nitro benzene ring substituents is 1. The maximum Gasteiger partial charge on any atom is 0.311 e. The average molecular weight is 425 g/mol. The lowest BCUT2D eigenvalue weighted by Gasteiger charge is -2.17. The molecule has 0 spiro atoms. The van der Waals surface area contributed by atoms with E-state index in [9.17, 15) is 24.5 Å². The molecule has 0 bridgehead atoms. The number of carbonyl (C=O) groups is 3. The number of nitrogens with zero attached hydrogens (tertiary/aromatic N) is 2. The number of hydrogen-bond donors (Lipinski definition) is 1. The van der Waals surface area contributed by atoms with Crippen LogP contribution in [-0.4, -0.2) is 35.9 Å². The van der Waals surface area contributed by atoms with Gasteiger partial charge in [-0.2, -0.15) is 0 Å². The molecule has 2 aromatic carbocycles. The predicted molar refractivity (Wildman–Crippen MR) is 114 cm³/mol. The largest absolute Gasteiger partial charge is 0.455 e. The fraction of sp³-hybridized carbons (Fsp3) is 0.318. The van der Waals surface area contributed by atoms with Crippen LogP contribution >= 0.6 is 0 Å². The minimum atomic E-state index is -0.749. The summed E-state index contributed by atoms with van der Waals surface area (Å²) in [5.41, 5.74) is 3.24. The van der Waals surface area contributed by atoms with E-state index in [1.807, 2.05) is 32.0 Å². The van der Waals surface area contributed by atoms with Crippen molar-refractivity contribution in [2.75, 3.05) is 23.4 Å². The monoisotopic (exact) mass is 425 g/mol. The summed E-state index contributed by atoms with van der Waals surface area (Å²) in [5.74, 6) is -2.22. The Hall–Kier alpha value is -3.75. The Bertz CT molecular complexity index is 1070. The number of nitro groups is 1. The molecule has 0 aliphatic carbocycles. The molecule has 9 nitrogen and oxygen atoms in total. The highest BCUT2D eigenvalue weighted by molar-refractivity contribution is 6.00. The predicted octanol–water partition coefficient (Wildman–Crippen LogP) is 3.05. The zero-order valence-corrected chi connectivity index (χ0v) is 17.5. The highest BCUT2D eigenvalue weighted by Crippen LogP contribution is 2.30. The number of carbonyl (C=O) groups excluding carboxylic acids is 3. The van der Waals surface area contributed by atoms with Gasteiger partial charge in [0.2, 0.25) is 5.91 Å². The fourth-order valence-electron chi connectivity index (χ4n) is 3.39. The van der Waals surface area contributed by atoms with Gasteiger partial charge >= 0.3 is 5.97 Å². The zero-order chi connectivity index (χ0) is 22.7. The molecule has 1 aliphatic rings. The van der Waals surface area contributed by atoms with E-state index in [1.165, 1.54) is 11.0 Å². The number of nitrogens with one attached hydrogen (secondary N) is 1. The molecule has 1 aliphatic heterocycles. The minimum absolute atomic E-state index is 0.0382. The van der Waals surface area contributed by atoms with Gasteiger partial charge in [-0.05, 0) is 44.0 Å². The van der Waals surface area contributed by atoms with Crippen molar-refractivity contribution in [2.24, 2.45) is 5.92 Å². The first kappa shape index (κ1) is 21.9. The molecule has 31 heavy (non-hydrogen) atoms. The second-order valence-corrected chi connectivity index (χ2v) is 7.61. The van der Waals surface area contributed by atoms with Gasteiger partial charge in [-0.3, -0.25) is 24.5 Å². The van der Waals surface area contributed by atoms with Gasteiger partial charge in [-0.25, -0.2) is 0 Å². The summed E-state index contributed by atoms with van der Waals surface area (Å²) in [6, 6.07) is 10.1. The van der Waals surface area contributed by atoms with Crippen LogP contribution in [0.2, 0.25) is 0 Å². The molecule has 0 aromatic heterocycles. The summed E-state index contributed by atoms with van der Waals surface area (Å²) >= 11 is 0. The van der Waals surface area contributed by atoms with Crippen molar-refractivity contribution in [3.05, 3.63) is 63.2 Å². The van der Waals surface area contributed by atoms with Gasteiger partial charge in [-0.1, -0.05) is 18.2 Å². The van der Waals surface area contributed by atoms with E-state index in [1.54, 1.807) is 19.1 Å². The summed E-state index contributed by atoms with van der Waals surface area (Å²) in [7, 11) is 0. The van der Waals surface area contributed by atoms with E-state index in [-0.39, 0.29) is 24.6 Å². The Morgan fingerprint density at radius 1 is 1.16 bits per heavy atom. The van der Waals surface area contributed by atoms with Crippen LogP contribution in [0, 0.1) is 36.8 Å². The summed E-state index contributed by atoms with van der Waals surface area (Å²) in [6.45, 7) is 4.94. The standard InChI is InChI=1S/C22H23N3O6/c1-13-4-5-14(2)18(8-13)23-20(26)12-31-22(28)16-9-21(27)24(11-16)17-7-6-15(3)19(10-17)25(29)30/h4-8,10,16H,9,11-12H2,1-3H3,(H,23,26)/t16-/m0/s1. The van der Waals surface area contributed by atoms with Crippen LogP contribution in [0.15, 0.2) is 36.4 Å². The lowest BCUT2D eigenvalue weighted by Crippen LogP contribution is -2.28. The third-order valence-corrected chi connectivity index (χ3v) is 5.17. The second kappa shape index (κ2) is 8.95. The topological polar surface area (TPSA) is 119 Å². The number of amides is 2. The molecule has 0 unspecified atom stereocenters. The molecule has 2 aromatic rings. The van der Waals surface area contributed by atoms with Crippen molar-refractivity contribution in [2.45, 2.75) is 27.2 Å². The summed E-state index contributed by atoms with van der Waals surface area (Å²) in [6.07, 6.45) is -0.0842. The molecule has 1 heterocycles. The third kappa shape index (κ3) is 5.06. The number of benzene rings is 2. The Labute approximate surface area is 179 Å². The van der Waals surface area contributed by atoms with E-state index < -0.39 is 29.3 Å². The molecule has 0 saturated carbocycles. The fourth-order valence-corrected chi connectivity index (χ4v) is 3.39. The van der Waals surface area contributed by atoms with Crippen LogP contribution in [0.4, 0.5) is 17.1 Å². The van der Waals surface area contributed by atoms with Crippen molar-refractivity contribution in [3.63, 3.8) is 0 Å². The summed E-state index contributed by atoms with van der Waals surface area (Å²) in [4.78, 5) is 48.9. The summed E-state index contributed by atoms with van der Waals surface area (Å²) < 4.78 is 5.11. The number of ether oxygens (including phenoxy) is 1. The van der Waals surface area contributed by atoms with Gasteiger partial charge in [0, 0.05) is 30.3 Å². The Morgan fingerprint density at radius 2 is 1.87 bits per heavy atom. The first-order chi connectivity index (χ1) is 14.7. The second-order valence-electron chi connectivity index (χ2n) is 7.61. The first-order valence-electron chi connectivity index (χ1n) is 9.75. The van der Waals surface area contributed by atoms with Crippen LogP contribution in [0.25, 0.3) is 0 Å². The van der Waals surface area contributed by atoms with E-state index >= 15 is 0 Å². The zero-order valence-electron chi connectivity index (χ0n) is 17.5. The highest BCUT2D eigenvalue weighted by Gasteiger charge is 2.37. The number of aryl methyl sites for hydroxylation is 3. The van der Waals surface area contributed by atoms with Crippen LogP contribution in [0.5, 0.6) is 0 Å². The third-order valence-electron chi connectivity index (χ3n) is 5.17. The molecule has 1 fully saturated rings. The van der Waals surface area contributed by atoms with Gasteiger partial charge in [0.1, 0.15) is 0 Å². The van der Waals surface area contributed by atoms with Gasteiger partial charge in [0.05, 0.1) is 16.5 Å². The van der Waals surface area contributed by atoms with Crippen LogP contribution < -0.4 is 10.2 Å². The van der Waals surface area contributed by atoms with E-state index in [0.29, 0.717) is 16.9 Å². The van der Waals surface area contributed by atoms with Crippen molar-refractivity contribution in [1.29, 1.82) is 0 Å². The summed E-state index contributed by atoms with van der Waals surface area (Å²) in [5, 5.41) is 13.9. The van der Waals surface area contributed by atoms with Crippen molar-refractivity contribution in [1.82, 2.24) is 0 Å². The van der Waals surface area contributed by atoms with Crippen LogP contribution in [0.1, 0.15) is 23.1 Å². The molecule has 0 radical (unpaired) electrons. The molecule has 1 N–H and O–H groups in total. The van der Waals surface area contributed by atoms with Crippen molar-refractivity contribution < 1.29 is 24.0 Å². The van der Waals surface area contributed by atoms with E-state index in [0.717, 1.165) is 11.1 Å². The SMILES string of the molecule is Cc1ccc(C)c(NC(=O)COC(=O)[C@H]2CC(=O)N(c3ccc(C)c([N+](=O)[O-])c3)C2)c1. The Kier molecular flexibility index (Phi) is 6.33. The molecular weight excluding hydrogens is 402 g/mol. The Morgan fingerprint density at radius 3 is 2.58 bits per heavy atom. The number of anilines is 2. The van der Waals surface area contributed by atoms with Gasteiger partial charge < -0.3 is 15.0 Å². The Balaban J connectivity index is 1.59. The average Bonchev–Trinajstić information content (AvgIpc) is 3.11. The smallest absolute Gasteiger partial charge is 0.311 e. The molecule has 2 amide bonds. The van der Waals surface area contributed by atoms with Gasteiger partial charge in [0.25, 0.3) is 11.6 Å². The molecular formula is C22H23N3O6. The molecule has 3 rings (SSSR count). The number of rotatable bonds is 6. The van der Waals surface area contributed by atoms with Crippen molar-refractivity contribution >= 4 is 34.8 Å². The normalized spacial score (nSPS) is 15.6. The number of hydrogen-bond acceptors (Lipinski definition) is 6.